The summed E-state index contributed by atoms with van der Waals surface area (Å²) in [4.78, 5) is 10.6. The Hall–Kier alpha value is -0.570. The Morgan fingerprint density at radius 3 is 1.92 bits per heavy atom. The second-order valence-corrected chi connectivity index (χ2v) is 4.12. The number of nitrogens with one attached hydrogen (secondary N) is 1. The molecule has 3 atom stereocenters. The van der Waals surface area contributed by atoms with Crippen LogP contribution in [-0.4, -0.2) is 23.2 Å². The van der Waals surface area contributed by atoms with Gasteiger partial charge in [-0.3, -0.25) is 4.79 Å². The second-order valence-electron chi connectivity index (χ2n) is 4.12. The highest BCUT2D eigenvalue weighted by atomic mass is 16.4. The topological polar surface area (TPSA) is 49.3 Å². The molecule has 0 aliphatic heterocycles. The van der Waals surface area contributed by atoms with Gasteiger partial charge in [-0.05, 0) is 25.7 Å². The molecule has 0 aliphatic carbocycles. The summed E-state index contributed by atoms with van der Waals surface area (Å²) in [6.45, 7) is 10.1. The molecule has 78 valence electrons. The molecule has 0 aromatic rings. The lowest BCUT2D eigenvalue weighted by Gasteiger charge is -2.26. The van der Waals surface area contributed by atoms with Crippen LogP contribution in [0.15, 0.2) is 0 Å². The number of carbonyl (C=O) groups is 1. The maximum absolute atomic E-state index is 10.6. The van der Waals surface area contributed by atoms with Gasteiger partial charge in [0.1, 0.15) is 6.04 Å². The van der Waals surface area contributed by atoms with Crippen molar-refractivity contribution in [3.8, 4) is 0 Å². The van der Waals surface area contributed by atoms with Crippen LogP contribution in [0, 0.1) is 11.8 Å². The predicted molar refractivity (Wildman–Crippen MR) is 53.7 cm³/mol. The lowest BCUT2D eigenvalue weighted by molar-refractivity contribution is -0.139. The molecule has 0 spiro atoms. The van der Waals surface area contributed by atoms with Crippen LogP contribution < -0.4 is 5.32 Å². The molecule has 0 fully saturated rings. The quantitative estimate of drug-likeness (QED) is 0.689. The molecule has 0 amide bonds. The van der Waals surface area contributed by atoms with Gasteiger partial charge < -0.3 is 10.4 Å². The zero-order valence-corrected chi connectivity index (χ0v) is 9.16. The molecule has 2 N–H and O–H groups in total. The van der Waals surface area contributed by atoms with Crippen LogP contribution in [0.1, 0.15) is 34.6 Å². The highest BCUT2D eigenvalue weighted by Gasteiger charge is 2.19. The maximum Gasteiger partial charge on any atom is 0.320 e. The van der Waals surface area contributed by atoms with E-state index in [1.165, 1.54) is 0 Å². The molecule has 0 aromatic heterocycles. The SMILES string of the molecule is CC(N[C@H](C)[C@@H](C)C(C)C)C(=O)O. The van der Waals surface area contributed by atoms with E-state index >= 15 is 0 Å². The van der Waals surface area contributed by atoms with E-state index in [1.54, 1.807) is 6.92 Å². The molecule has 0 saturated heterocycles. The number of carboxylic acids is 1. The fourth-order valence-electron chi connectivity index (χ4n) is 1.19. The summed E-state index contributed by atoms with van der Waals surface area (Å²) in [5, 5.41) is 11.7. The molecule has 0 radical (unpaired) electrons. The van der Waals surface area contributed by atoms with Crippen LogP contribution in [0.3, 0.4) is 0 Å². The minimum absolute atomic E-state index is 0.242. The van der Waals surface area contributed by atoms with E-state index in [0.717, 1.165) is 0 Å². The smallest absolute Gasteiger partial charge is 0.320 e. The molecule has 3 nitrogen and oxygen atoms in total. The van der Waals surface area contributed by atoms with E-state index in [-0.39, 0.29) is 6.04 Å². The summed E-state index contributed by atoms with van der Waals surface area (Å²) in [6, 6.07) is -0.220. The molecule has 0 rings (SSSR count). The Kier molecular flexibility index (Phi) is 4.99. The van der Waals surface area contributed by atoms with Gasteiger partial charge in [-0.1, -0.05) is 20.8 Å². The molecule has 0 saturated carbocycles. The third kappa shape index (κ3) is 4.27. The van der Waals surface area contributed by atoms with Gasteiger partial charge in [0.05, 0.1) is 0 Å². The first kappa shape index (κ1) is 12.4. The van der Waals surface area contributed by atoms with E-state index < -0.39 is 12.0 Å². The fraction of sp³-hybridized carbons (Fsp3) is 0.900. The Balaban J connectivity index is 3.99. The van der Waals surface area contributed by atoms with Crippen LogP contribution in [0.2, 0.25) is 0 Å². The van der Waals surface area contributed by atoms with E-state index in [0.29, 0.717) is 11.8 Å². The number of aliphatic carboxylic acids is 1. The van der Waals surface area contributed by atoms with Gasteiger partial charge in [0.25, 0.3) is 0 Å². The molecular formula is C10H21NO2. The van der Waals surface area contributed by atoms with Crippen molar-refractivity contribution >= 4 is 5.97 Å². The van der Waals surface area contributed by atoms with Gasteiger partial charge in [-0.25, -0.2) is 0 Å². The first-order valence-corrected chi connectivity index (χ1v) is 4.85. The number of hydrogen-bond acceptors (Lipinski definition) is 2. The summed E-state index contributed by atoms with van der Waals surface area (Å²) in [5.41, 5.74) is 0. The molecule has 13 heavy (non-hydrogen) atoms. The van der Waals surface area contributed by atoms with Crippen LogP contribution in [0.25, 0.3) is 0 Å². The second kappa shape index (κ2) is 5.22. The van der Waals surface area contributed by atoms with Crippen molar-refractivity contribution in [3.05, 3.63) is 0 Å². The molecule has 0 aromatic carbocycles. The monoisotopic (exact) mass is 187 g/mol. The van der Waals surface area contributed by atoms with Crippen LogP contribution >= 0.6 is 0 Å². The van der Waals surface area contributed by atoms with E-state index in [4.69, 9.17) is 5.11 Å². The van der Waals surface area contributed by atoms with Gasteiger partial charge in [-0.2, -0.15) is 0 Å². The van der Waals surface area contributed by atoms with Crippen LogP contribution in [-0.2, 0) is 4.79 Å². The molecule has 0 heterocycles. The van der Waals surface area contributed by atoms with Gasteiger partial charge in [0, 0.05) is 6.04 Å². The highest BCUT2D eigenvalue weighted by Crippen LogP contribution is 2.14. The van der Waals surface area contributed by atoms with E-state index in [1.807, 2.05) is 6.92 Å². The summed E-state index contributed by atoms with van der Waals surface area (Å²) in [7, 11) is 0. The van der Waals surface area contributed by atoms with Crippen molar-refractivity contribution in [2.75, 3.05) is 0 Å². The van der Waals surface area contributed by atoms with Gasteiger partial charge >= 0.3 is 5.97 Å². The summed E-state index contributed by atoms with van der Waals surface area (Å²) >= 11 is 0. The predicted octanol–water partition coefficient (Wildman–Crippen LogP) is 1.73. The van der Waals surface area contributed by atoms with E-state index in [9.17, 15) is 4.79 Å². The molecule has 1 unspecified atom stereocenters. The fourth-order valence-corrected chi connectivity index (χ4v) is 1.19. The minimum atomic E-state index is -0.789. The zero-order chi connectivity index (χ0) is 10.6. The Bertz CT molecular complexity index is 168. The minimum Gasteiger partial charge on any atom is -0.480 e. The van der Waals surface area contributed by atoms with Crippen molar-refractivity contribution in [1.82, 2.24) is 5.32 Å². The van der Waals surface area contributed by atoms with Crippen LogP contribution in [0.4, 0.5) is 0 Å². The Labute approximate surface area is 80.5 Å². The molecular weight excluding hydrogens is 166 g/mol. The molecule has 3 heteroatoms. The van der Waals surface area contributed by atoms with Gasteiger partial charge in [0.2, 0.25) is 0 Å². The lowest BCUT2D eigenvalue weighted by atomic mass is 9.91. The largest absolute Gasteiger partial charge is 0.480 e. The highest BCUT2D eigenvalue weighted by molar-refractivity contribution is 5.72. The Morgan fingerprint density at radius 1 is 1.15 bits per heavy atom. The lowest BCUT2D eigenvalue weighted by Crippen LogP contribution is -2.43. The number of carboxylic acid groups (broad SMARTS) is 1. The zero-order valence-electron chi connectivity index (χ0n) is 9.16. The van der Waals surface area contributed by atoms with Crippen molar-refractivity contribution in [1.29, 1.82) is 0 Å². The van der Waals surface area contributed by atoms with Gasteiger partial charge in [-0.15, -0.1) is 0 Å². The average Bonchev–Trinajstić information content (AvgIpc) is 2.02. The molecule has 0 bridgehead atoms. The van der Waals surface area contributed by atoms with Crippen molar-refractivity contribution in [3.63, 3.8) is 0 Å². The summed E-state index contributed by atoms with van der Waals surface area (Å²) in [5.74, 6) is 0.271. The third-order valence-electron chi connectivity index (χ3n) is 2.72. The number of rotatable bonds is 5. The van der Waals surface area contributed by atoms with Crippen molar-refractivity contribution in [2.24, 2.45) is 11.8 Å². The first-order valence-electron chi connectivity index (χ1n) is 4.85. The van der Waals surface area contributed by atoms with Gasteiger partial charge in [0.15, 0.2) is 0 Å². The van der Waals surface area contributed by atoms with Crippen molar-refractivity contribution < 1.29 is 9.90 Å². The Morgan fingerprint density at radius 2 is 1.62 bits per heavy atom. The summed E-state index contributed by atoms with van der Waals surface area (Å²) < 4.78 is 0. The normalized spacial score (nSPS) is 18.3. The van der Waals surface area contributed by atoms with Crippen molar-refractivity contribution in [2.45, 2.75) is 46.7 Å². The number of hydrogen-bond donors (Lipinski definition) is 2. The molecule has 0 aliphatic rings. The van der Waals surface area contributed by atoms with E-state index in [2.05, 4.69) is 26.1 Å². The third-order valence-corrected chi connectivity index (χ3v) is 2.72. The standard InChI is InChI=1S/C10H21NO2/c1-6(2)7(3)8(4)11-9(5)10(12)13/h6-9,11H,1-5H3,(H,12,13)/t7-,8+,9?/m0/s1. The maximum atomic E-state index is 10.6. The first-order chi connectivity index (χ1) is 5.86. The summed E-state index contributed by atoms with van der Waals surface area (Å²) in [6.07, 6.45) is 0. The average molecular weight is 187 g/mol. The van der Waals surface area contributed by atoms with Crippen LogP contribution in [0.5, 0.6) is 0 Å².